The van der Waals surface area contributed by atoms with Gasteiger partial charge in [0.1, 0.15) is 42.7 Å². The molecule has 1 fully saturated rings. The predicted octanol–water partition coefficient (Wildman–Crippen LogP) is 10.4. The summed E-state index contributed by atoms with van der Waals surface area (Å²) in [6.45, 7) is 4.21. The number of unbranched alkanes of at least 4 members (excludes halogenated alkanes) is 21. The van der Waals surface area contributed by atoms with Crippen LogP contribution in [0.5, 0.6) is 0 Å². The topological polar surface area (TPSA) is 192 Å². The number of esters is 1. The van der Waals surface area contributed by atoms with Crippen LogP contribution in [-0.2, 0) is 27.9 Å². The molecule has 0 amide bonds. The van der Waals surface area contributed by atoms with Gasteiger partial charge >= 0.3 is 13.8 Å². The molecule has 6 atom stereocenters. The SMILES string of the molecule is CCCCC/C=C\C/C=C\C/C=C\CCCCCCCCC(=O)OC(COCCCCCCCC/C=C\CCCCCCCC)COP(=O)(O)OC1C(O)C(O)C(O)C(O)C1O. The number of aliphatic hydroxyl groups excluding tert-OH is 5. The minimum absolute atomic E-state index is 0.0869. The molecule has 0 aromatic carbocycles. The van der Waals surface area contributed by atoms with E-state index < -0.39 is 63.1 Å². The van der Waals surface area contributed by atoms with Gasteiger partial charge < -0.3 is 39.9 Å². The standard InChI is InChI=1S/C49H89O12P/c1-3-5-7-9-11-13-15-17-19-21-22-23-24-26-28-30-32-34-36-38-43(50)60-42(41-59-62(56,57)61-49-47(54)45(52)44(51)46(53)48(49)55)40-58-39-37-35-33-31-29-27-25-20-18-16-14-12-10-8-6-4-2/h11,13,17-20,22-23,42,44-49,51-55H,3-10,12,14-16,21,24-41H2,1-2H3,(H,56,57)/b13-11-,19-17-,20-18-,23-22-. The second kappa shape index (κ2) is 39.6. The van der Waals surface area contributed by atoms with Crippen LogP contribution >= 0.6 is 7.82 Å². The van der Waals surface area contributed by atoms with Crippen LogP contribution < -0.4 is 0 Å². The number of phosphoric acid groups is 1. The number of allylic oxidation sites excluding steroid dienone is 8. The van der Waals surface area contributed by atoms with Gasteiger partial charge in [-0.15, -0.1) is 0 Å². The molecule has 62 heavy (non-hydrogen) atoms. The van der Waals surface area contributed by atoms with Gasteiger partial charge in [-0.1, -0.05) is 159 Å². The molecule has 0 aromatic rings. The van der Waals surface area contributed by atoms with Gasteiger partial charge in [0.25, 0.3) is 0 Å². The zero-order valence-electron chi connectivity index (χ0n) is 38.7. The van der Waals surface area contributed by atoms with Crippen LogP contribution in [0.4, 0.5) is 0 Å². The van der Waals surface area contributed by atoms with E-state index in [0.717, 1.165) is 83.5 Å². The highest BCUT2D eigenvalue weighted by atomic mass is 31.2. The first-order valence-electron chi connectivity index (χ1n) is 24.5. The van der Waals surface area contributed by atoms with Gasteiger partial charge in [-0.2, -0.15) is 0 Å². The molecule has 0 bridgehead atoms. The molecule has 0 saturated heterocycles. The Balaban J connectivity index is 2.39. The first-order chi connectivity index (χ1) is 30.0. The minimum Gasteiger partial charge on any atom is -0.457 e. The molecule has 6 N–H and O–H groups in total. The maximum Gasteiger partial charge on any atom is 0.472 e. The molecule has 1 aliphatic rings. The third kappa shape index (κ3) is 31.2. The normalized spacial score (nSPS) is 22.4. The Morgan fingerprint density at radius 3 is 1.42 bits per heavy atom. The van der Waals surface area contributed by atoms with E-state index in [9.17, 15) is 39.8 Å². The second-order valence-corrected chi connectivity index (χ2v) is 18.4. The number of rotatable bonds is 41. The molecular formula is C49H89O12P. The molecule has 12 nitrogen and oxygen atoms in total. The number of ether oxygens (including phenoxy) is 2. The molecule has 1 aliphatic carbocycles. The number of carbonyl (C=O) groups excluding carboxylic acids is 1. The number of aliphatic hydroxyl groups is 5. The molecule has 13 heteroatoms. The maximum absolute atomic E-state index is 12.8. The Morgan fingerprint density at radius 1 is 0.516 bits per heavy atom. The van der Waals surface area contributed by atoms with Crippen LogP contribution in [0, 0.1) is 0 Å². The van der Waals surface area contributed by atoms with Crippen molar-refractivity contribution < 1.29 is 58.3 Å². The van der Waals surface area contributed by atoms with Crippen molar-refractivity contribution in [3.05, 3.63) is 48.6 Å². The molecule has 0 spiro atoms. The number of phosphoric ester groups is 1. The summed E-state index contributed by atoms with van der Waals surface area (Å²) in [5.41, 5.74) is 0. The third-order valence-corrected chi connectivity index (χ3v) is 12.2. The van der Waals surface area contributed by atoms with Gasteiger partial charge in [0.2, 0.25) is 0 Å². The molecule has 0 heterocycles. The lowest BCUT2D eigenvalue weighted by Gasteiger charge is -2.41. The zero-order valence-corrected chi connectivity index (χ0v) is 39.6. The van der Waals surface area contributed by atoms with Gasteiger partial charge in [-0.05, 0) is 77.0 Å². The highest BCUT2D eigenvalue weighted by Crippen LogP contribution is 2.47. The van der Waals surface area contributed by atoms with Gasteiger partial charge in [0.05, 0.1) is 13.2 Å². The van der Waals surface area contributed by atoms with Gasteiger partial charge in [0, 0.05) is 13.0 Å². The minimum atomic E-state index is -5.03. The molecule has 0 aromatic heterocycles. The van der Waals surface area contributed by atoms with Crippen LogP contribution in [0.2, 0.25) is 0 Å². The van der Waals surface area contributed by atoms with Crippen molar-refractivity contribution in [3.8, 4) is 0 Å². The van der Waals surface area contributed by atoms with Gasteiger partial charge in [-0.25, -0.2) is 4.57 Å². The fourth-order valence-corrected chi connectivity index (χ4v) is 8.21. The predicted molar refractivity (Wildman–Crippen MR) is 249 cm³/mol. The Morgan fingerprint density at radius 2 is 0.903 bits per heavy atom. The monoisotopic (exact) mass is 901 g/mol. The first kappa shape index (κ1) is 58.3. The van der Waals surface area contributed by atoms with Crippen molar-refractivity contribution in [2.75, 3.05) is 19.8 Å². The Bertz CT molecular complexity index is 1210. The second-order valence-electron chi connectivity index (χ2n) is 17.0. The molecule has 6 unspecified atom stereocenters. The van der Waals surface area contributed by atoms with Crippen LogP contribution in [0.1, 0.15) is 194 Å². The van der Waals surface area contributed by atoms with E-state index in [4.69, 9.17) is 18.5 Å². The highest BCUT2D eigenvalue weighted by molar-refractivity contribution is 7.47. The molecule has 1 saturated carbocycles. The Labute approximate surface area is 375 Å². The fraction of sp³-hybridized carbons (Fsp3) is 0.816. The first-order valence-corrected chi connectivity index (χ1v) is 26.0. The number of hydrogen-bond acceptors (Lipinski definition) is 11. The van der Waals surface area contributed by atoms with Crippen molar-refractivity contribution in [1.82, 2.24) is 0 Å². The van der Waals surface area contributed by atoms with E-state index >= 15 is 0 Å². The number of carbonyl (C=O) groups is 1. The zero-order chi connectivity index (χ0) is 45.5. The van der Waals surface area contributed by atoms with E-state index in [1.54, 1.807) is 0 Å². The molecule has 362 valence electrons. The number of hydrogen-bond donors (Lipinski definition) is 6. The lowest BCUT2D eigenvalue weighted by Crippen LogP contribution is -2.64. The summed E-state index contributed by atoms with van der Waals surface area (Å²) in [5.74, 6) is -0.492. The van der Waals surface area contributed by atoms with E-state index in [1.165, 1.54) is 83.5 Å². The smallest absolute Gasteiger partial charge is 0.457 e. The van der Waals surface area contributed by atoms with Crippen molar-refractivity contribution in [2.24, 2.45) is 0 Å². The van der Waals surface area contributed by atoms with Crippen molar-refractivity contribution in [1.29, 1.82) is 0 Å². The van der Waals surface area contributed by atoms with Crippen molar-refractivity contribution in [3.63, 3.8) is 0 Å². The maximum atomic E-state index is 12.8. The third-order valence-electron chi connectivity index (χ3n) is 11.2. The van der Waals surface area contributed by atoms with Gasteiger partial charge in [0.15, 0.2) is 0 Å². The summed E-state index contributed by atoms with van der Waals surface area (Å²) in [5, 5.41) is 50.2. The van der Waals surface area contributed by atoms with Crippen molar-refractivity contribution >= 4 is 13.8 Å². The van der Waals surface area contributed by atoms with E-state index in [2.05, 4.69) is 62.5 Å². The molecular weight excluding hydrogens is 812 g/mol. The molecule has 1 rings (SSSR count). The summed E-state index contributed by atoms with van der Waals surface area (Å²) in [7, 11) is -5.03. The lowest BCUT2D eigenvalue weighted by molar-refractivity contribution is -0.220. The van der Waals surface area contributed by atoms with Crippen LogP contribution in [0.15, 0.2) is 48.6 Å². The average Bonchev–Trinajstić information content (AvgIpc) is 3.26. The summed E-state index contributed by atoms with van der Waals surface area (Å²) in [6.07, 6.45) is 36.0. The summed E-state index contributed by atoms with van der Waals surface area (Å²) >= 11 is 0. The quantitative estimate of drug-likeness (QED) is 0.0147. The summed E-state index contributed by atoms with van der Waals surface area (Å²) in [6, 6.07) is 0. The van der Waals surface area contributed by atoms with E-state index in [0.29, 0.717) is 13.0 Å². The van der Waals surface area contributed by atoms with Crippen LogP contribution in [0.3, 0.4) is 0 Å². The van der Waals surface area contributed by atoms with Gasteiger partial charge in [-0.3, -0.25) is 13.8 Å². The largest absolute Gasteiger partial charge is 0.472 e. The summed E-state index contributed by atoms with van der Waals surface area (Å²) in [4.78, 5) is 23.2. The highest BCUT2D eigenvalue weighted by Gasteiger charge is 2.51. The van der Waals surface area contributed by atoms with E-state index in [-0.39, 0.29) is 13.0 Å². The molecule has 0 radical (unpaired) electrons. The van der Waals surface area contributed by atoms with Crippen LogP contribution in [-0.4, -0.2) is 98.9 Å². The van der Waals surface area contributed by atoms with E-state index in [1.807, 2.05) is 0 Å². The summed E-state index contributed by atoms with van der Waals surface area (Å²) < 4.78 is 34.2. The van der Waals surface area contributed by atoms with Crippen molar-refractivity contribution in [2.45, 2.75) is 236 Å². The fourth-order valence-electron chi connectivity index (χ4n) is 7.24. The average molecular weight is 901 g/mol. The molecule has 0 aliphatic heterocycles. The Hall–Kier alpha value is -1.70. The van der Waals surface area contributed by atoms with Crippen LogP contribution in [0.25, 0.3) is 0 Å². The lowest BCUT2D eigenvalue weighted by atomic mass is 9.85. The Kier molecular flexibility index (Phi) is 37.3.